The molecule has 1 aliphatic carbocycles. The molecule has 0 saturated heterocycles. The smallest absolute Gasteiger partial charge is 0.346 e. The van der Waals surface area contributed by atoms with E-state index in [0.29, 0.717) is 34.4 Å². The number of anilines is 1. The van der Waals surface area contributed by atoms with Gasteiger partial charge in [0.05, 0.1) is 11.3 Å². The second-order valence-electron chi connectivity index (χ2n) is 9.78. The molecule has 2 heterocycles. The lowest BCUT2D eigenvalue weighted by Gasteiger charge is -2.36. The zero-order valence-corrected chi connectivity index (χ0v) is 21.6. The van der Waals surface area contributed by atoms with Gasteiger partial charge in [0.2, 0.25) is 0 Å². The molecule has 13 heteroatoms. The van der Waals surface area contributed by atoms with E-state index < -0.39 is 46.0 Å². The molecule has 216 valence electrons. The van der Waals surface area contributed by atoms with Gasteiger partial charge in [-0.3, -0.25) is 4.98 Å². The Kier molecular flexibility index (Phi) is 7.29. The SMILES string of the molecule is Fc1cc(C(F)(F)F)cc(C(Cc2ccccc2)(Nc2nc(C(F)(F)C(F)(F)F)cs2)c2ccc(C3CC3)cn2)c1. The van der Waals surface area contributed by atoms with Gasteiger partial charge in [-0.1, -0.05) is 36.4 Å². The molecule has 2 aromatic heterocycles. The van der Waals surface area contributed by atoms with Crippen molar-refractivity contribution in [3.63, 3.8) is 0 Å². The fourth-order valence-corrected chi connectivity index (χ4v) is 5.35. The Bertz CT molecular complexity index is 1510. The van der Waals surface area contributed by atoms with E-state index in [1.54, 1.807) is 36.4 Å². The van der Waals surface area contributed by atoms with E-state index in [2.05, 4.69) is 15.3 Å². The molecule has 1 N–H and O–H groups in total. The lowest BCUT2D eigenvalue weighted by molar-refractivity contribution is -0.290. The number of nitrogens with one attached hydrogen (secondary N) is 1. The van der Waals surface area contributed by atoms with Crippen molar-refractivity contribution < 1.29 is 39.5 Å². The molecule has 0 spiro atoms. The molecule has 3 nitrogen and oxygen atoms in total. The first kappa shape index (κ1) is 28.9. The lowest BCUT2D eigenvalue weighted by atomic mass is 9.79. The van der Waals surface area contributed by atoms with E-state index in [0.717, 1.165) is 24.5 Å². The summed E-state index contributed by atoms with van der Waals surface area (Å²) in [4.78, 5) is 7.95. The topological polar surface area (TPSA) is 37.8 Å². The third-order valence-electron chi connectivity index (χ3n) is 6.80. The fourth-order valence-electron chi connectivity index (χ4n) is 4.54. The van der Waals surface area contributed by atoms with Crippen LogP contribution in [0, 0.1) is 5.82 Å². The number of rotatable bonds is 8. The number of pyridine rings is 1. The summed E-state index contributed by atoms with van der Waals surface area (Å²) in [5, 5.41) is 2.86. The number of nitrogens with zero attached hydrogens (tertiary/aromatic N) is 2. The van der Waals surface area contributed by atoms with Gasteiger partial charge >= 0.3 is 18.3 Å². The van der Waals surface area contributed by atoms with Gasteiger partial charge in [-0.05, 0) is 59.7 Å². The summed E-state index contributed by atoms with van der Waals surface area (Å²) in [6.45, 7) is 0. The average molecular weight is 602 g/mol. The minimum atomic E-state index is -5.93. The van der Waals surface area contributed by atoms with E-state index in [-0.39, 0.29) is 23.6 Å². The predicted molar refractivity (Wildman–Crippen MR) is 134 cm³/mol. The quantitative estimate of drug-likeness (QED) is 0.205. The summed E-state index contributed by atoms with van der Waals surface area (Å²) in [7, 11) is 0. The van der Waals surface area contributed by atoms with E-state index in [1.807, 2.05) is 0 Å². The van der Waals surface area contributed by atoms with Crippen LogP contribution in [0.25, 0.3) is 0 Å². The van der Waals surface area contributed by atoms with Crippen LogP contribution in [0.4, 0.5) is 44.6 Å². The van der Waals surface area contributed by atoms with Crippen molar-refractivity contribution in [3.8, 4) is 0 Å². The molecule has 1 atom stereocenters. The Balaban J connectivity index is 1.72. The van der Waals surface area contributed by atoms with Crippen LogP contribution in [0.1, 0.15) is 52.4 Å². The molecule has 0 radical (unpaired) electrons. The molecule has 1 fully saturated rings. The Hall–Kier alpha value is -3.61. The standard InChI is InChI=1S/C28H20F9N3S/c29-21-11-19(10-20(12-21)27(32,33)34)25(13-16-4-2-1-3-5-16,22-9-8-18(14-38-22)17-6-7-17)40-24-39-23(15-41-24)26(30,31)28(35,36)37/h1-5,8-12,14-15,17H,6-7,13H2,(H,39,40). The van der Waals surface area contributed by atoms with Gasteiger partial charge in [0.15, 0.2) is 5.13 Å². The highest BCUT2D eigenvalue weighted by Gasteiger charge is 2.60. The van der Waals surface area contributed by atoms with Crippen LogP contribution < -0.4 is 5.32 Å². The molecule has 0 amide bonds. The van der Waals surface area contributed by atoms with Crippen molar-refractivity contribution >= 4 is 16.5 Å². The van der Waals surface area contributed by atoms with Crippen LogP contribution in [-0.2, 0) is 24.1 Å². The maximum absolute atomic E-state index is 14.8. The van der Waals surface area contributed by atoms with E-state index in [4.69, 9.17) is 0 Å². The average Bonchev–Trinajstić information content (AvgIpc) is 3.65. The minimum Gasteiger partial charge on any atom is -0.346 e. The largest absolute Gasteiger partial charge is 0.459 e. The molecule has 1 unspecified atom stereocenters. The van der Waals surface area contributed by atoms with Crippen molar-refractivity contribution in [2.75, 3.05) is 5.32 Å². The first-order valence-corrected chi connectivity index (χ1v) is 13.1. The molecule has 1 saturated carbocycles. The van der Waals surface area contributed by atoms with Crippen LogP contribution in [0.2, 0.25) is 0 Å². The molecule has 41 heavy (non-hydrogen) atoms. The zero-order chi connectivity index (χ0) is 29.6. The lowest BCUT2D eigenvalue weighted by Crippen LogP contribution is -2.40. The Labute approximate surface area is 232 Å². The van der Waals surface area contributed by atoms with Crippen molar-refractivity contribution in [1.82, 2.24) is 9.97 Å². The molecular weight excluding hydrogens is 581 g/mol. The third-order valence-corrected chi connectivity index (χ3v) is 7.56. The number of halogens is 9. The van der Waals surface area contributed by atoms with Crippen LogP contribution in [0.5, 0.6) is 0 Å². The van der Waals surface area contributed by atoms with Crippen molar-refractivity contribution in [2.45, 2.75) is 49.0 Å². The Morgan fingerprint density at radius 3 is 2.10 bits per heavy atom. The van der Waals surface area contributed by atoms with Crippen LogP contribution in [-0.4, -0.2) is 16.1 Å². The van der Waals surface area contributed by atoms with Crippen LogP contribution >= 0.6 is 11.3 Å². The van der Waals surface area contributed by atoms with Crippen LogP contribution in [0.3, 0.4) is 0 Å². The highest BCUT2D eigenvalue weighted by atomic mass is 32.1. The van der Waals surface area contributed by atoms with Gasteiger partial charge in [-0.15, -0.1) is 11.3 Å². The monoisotopic (exact) mass is 601 g/mol. The van der Waals surface area contributed by atoms with Crippen molar-refractivity contribution in [3.05, 3.63) is 112 Å². The summed E-state index contributed by atoms with van der Waals surface area (Å²) in [6.07, 6.45) is -7.66. The number of hydrogen-bond acceptors (Lipinski definition) is 4. The number of thiazole rings is 1. The molecule has 1 aliphatic rings. The van der Waals surface area contributed by atoms with Gasteiger partial charge in [-0.2, -0.15) is 35.1 Å². The number of alkyl halides is 8. The molecule has 2 aromatic carbocycles. The van der Waals surface area contributed by atoms with Crippen LogP contribution in [0.15, 0.2) is 72.2 Å². The van der Waals surface area contributed by atoms with Crippen molar-refractivity contribution in [2.24, 2.45) is 0 Å². The van der Waals surface area contributed by atoms with E-state index in [9.17, 15) is 39.5 Å². The van der Waals surface area contributed by atoms with Gasteiger partial charge in [-0.25, -0.2) is 9.37 Å². The maximum Gasteiger partial charge on any atom is 0.459 e. The normalized spacial score (nSPS) is 15.9. The Morgan fingerprint density at radius 2 is 1.51 bits per heavy atom. The first-order valence-electron chi connectivity index (χ1n) is 12.3. The van der Waals surface area contributed by atoms with Gasteiger partial charge < -0.3 is 5.32 Å². The van der Waals surface area contributed by atoms with Crippen molar-refractivity contribution in [1.29, 1.82) is 0 Å². The first-order chi connectivity index (χ1) is 19.2. The third kappa shape index (κ3) is 5.90. The second-order valence-corrected chi connectivity index (χ2v) is 10.6. The van der Waals surface area contributed by atoms with Gasteiger partial charge in [0.1, 0.15) is 17.1 Å². The number of hydrogen-bond donors (Lipinski definition) is 1. The molecule has 0 aliphatic heterocycles. The van der Waals surface area contributed by atoms with Gasteiger partial charge in [0.25, 0.3) is 0 Å². The highest BCUT2D eigenvalue weighted by Crippen LogP contribution is 2.46. The second kappa shape index (κ2) is 10.3. The molecule has 0 bridgehead atoms. The number of benzene rings is 2. The summed E-state index contributed by atoms with van der Waals surface area (Å²) < 4.78 is 123. The summed E-state index contributed by atoms with van der Waals surface area (Å²) >= 11 is 0.405. The number of aromatic nitrogens is 2. The molecule has 5 rings (SSSR count). The Morgan fingerprint density at radius 1 is 0.829 bits per heavy atom. The summed E-state index contributed by atoms with van der Waals surface area (Å²) in [6, 6.07) is 13.4. The van der Waals surface area contributed by atoms with E-state index >= 15 is 0 Å². The maximum atomic E-state index is 14.8. The summed E-state index contributed by atoms with van der Waals surface area (Å²) in [5.41, 5.74) is -3.55. The fraction of sp³-hybridized carbons (Fsp3) is 0.286. The summed E-state index contributed by atoms with van der Waals surface area (Å²) in [5.74, 6) is -6.24. The van der Waals surface area contributed by atoms with Gasteiger partial charge in [0, 0.05) is 18.0 Å². The minimum absolute atomic E-state index is 0.0869. The highest BCUT2D eigenvalue weighted by molar-refractivity contribution is 7.13. The zero-order valence-electron chi connectivity index (χ0n) is 20.8. The molecular formula is C28H20F9N3S. The molecule has 4 aromatic rings. The predicted octanol–water partition coefficient (Wildman–Crippen LogP) is 8.83. The van der Waals surface area contributed by atoms with E-state index in [1.165, 1.54) is 12.3 Å².